The van der Waals surface area contributed by atoms with Crippen LogP contribution in [0.4, 0.5) is 5.69 Å². The van der Waals surface area contributed by atoms with Crippen molar-refractivity contribution in [3.8, 4) is 0 Å². The Morgan fingerprint density at radius 2 is 2.08 bits per heavy atom. The average Bonchev–Trinajstić information content (AvgIpc) is 3.10. The zero-order chi connectivity index (χ0) is 18.7. The van der Waals surface area contributed by atoms with Crippen molar-refractivity contribution in [1.82, 2.24) is 19.3 Å². The van der Waals surface area contributed by atoms with Gasteiger partial charge in [-0.3, -0.25) is 9.48 Å². The van der Waals surface area contributed by atoms with Crippen LogP contribution in [-0.2, 0) is 23.1 Å². The highest BCUT2D eigenvalue weighted by Crippen LogP contribution is 2.25. The number of rotatable bonds is 7. The number of carbonyl (C=O) groups excluding carboxylic acids is 1. The van der Waals surface area contributed by atoms with E-state index < -0.39 is 0 Å². The number of benzene rings is 1. The third-order valence-corrected chi connectivity index (χ3v) is 5.22. The Bertz CT molecular complexity index is 931. The summed E-state index contributed by atoms with van der Waals surface area (Å²) in [5.74, 6) is 0.212. The lowest BCUT2D eigenvalue weighted by atomic mass is 10.3. The molecule has 7 nitrogen and oxygen atoms in total. The summed E-state index contributed by atoms with van der Waals surface area (Å²) in [7, 11) is 3.54. The summed E-state index contributed by atoms with van der Waals surface area (Å²) >= 11 is 1.43. The number of fused-ring (bicyclic) bond motifs is 1. The van der Waals surface area contributed by atoms with Gasteiger partial charge in [0.15, 0.2) is 5.16 Å². The predicted octanol–water partition coefficient (Wildman–Crippen LogP) is 2.76. The highest BCUT2D eigenvalue weighted by atomic mass is 32.2. The molecule has 0 aliphatic rings. The van der Waals surface area contributed by atoms with E-state index in [0.29, 0.717) is 13.2 Å². The van der Waals surface area contributed by atoms with Gasteiger partial charge in [-0.1, -0.05) is 23.9 Å². The van der Waals surface area contributed by atoms with E-state index in [0.717, 1.165) is 33.3 Å². The van der Waals surface area contributed by atoms with Gasteiger partial charge in [-0.25, -0.2) is 4.98 Å². The highest BCUT2D eigenvalue weighted by molar-refractivity contribution is 7.99. The van der Waals surface area contributed by atoms with Crippen molar-refractivity contribution in [2.45, 2.75) is 25.5 Å². The molecule has 0 unspecified atom stereocenters. The number of ether oxygens (including phenoxy) is 1. The summed E-state index contributed by atoms with van der Waals surface area (Å²) in [6.45, 7) is 5.11. The van der Waals surface area contributed by atoms with Crippen molar-refractivity contribution in [1.29, 1.82) is 0 Å². The Kier molecular flexibility index (Phi) is 5.63. The number of nitrogens with one attached hydrogen (secondary N) is 1. The molecule has 1 aromatic carbocycles. The minimum Gasteiger partial charge on any atom is -0.383 e. The second-order valence-electron chi connectivity index (χ2n) is 6.03. The molecule has 0 saturated heterocycles. The van der Waals surface area contributed by atoms with Crippen LogP contribution in [0.5, 0.6) is 0 Å². The van der Waals surface area contributed by atoms with Gasteiger partial charge in [-0.2, -0.15) is 5.10 Å². The molecule has 0 radical (unpaired) electrons. The van der Waals surface area contributed by atoms with E-state index in [2.05, 4.69) is 20.0 Å². The zero-order valence-electron chi connectivity index (χ0n) is 15.4. The van der Waals surface area contributed by atoms with Crippen LogP contribution in [0.15, 0.2) is 29.4 Å². The molecule has 138 valence electrons. The van der Waals surface area contributed by atoms with Crippen molar-refractivity contribution in [2.24, 2.45) is 7.05 Å². The van der Waals surface area contributed by atoms with E-state index in [1.165, 1.54) is 11.8 Å². The minimum absolute atomic E-state index is 0.0699. The zero-order valence-corrected chi connectivity index (χ0v) is 16.3. The molecule has 26 heavy (non-hydrogen) atoms. The highest BCUT2D eigenvalue weighted by Gasteiger charge is 2.15. The topological polar surface area (TPSA) is 74.0 Å². The largest absolute Gasteiger partial charge is 0.383 e. The van der Waals surface area contributed by atoms with Crippen molar-refractivity contribution >= 4 is 34.4 Å². The van der Waals surface area contributed by atoms with Crippen LogP contribution in [-0.4, -0.2) is 44.7 Å². The molecule has 1 amide bonds. The quantitative estimate of drug-likeness (QED) is 0.645. The van der Waals surface area contributed by atoms with Gasteiger partial charge in [0.2, 0.25) is 5.91 Å². The van der Waals surface area contributed by atoms with Crippen molar-refractivity contribution < 1.29 is 9.53 Å². The molecule has 8 heteroatoms. The number of aryl methyl sites for hydroxylation is 2. The van der Waals surface area contributed by atoms with Crippen LogP contribution in [0.3, 0.4) is 0 Å². The molecular formula is C18H23N5O2S. The molecule has 2 aromatic heterocycles. The van der Waals surface area contributed by atoms with Crippen LogP contribution < -0.4 is 5.32 Å². The van der Waals surface area contributed by atoms with Crippen molar-refractivity contribution in [3.63, 3.8) is 0 Å². The molecule has 0 aliphatic heterocycles. The van der Waals surface area contributed by atoms with Gasteiger partial charge in [0.25, 0.3) is 0 Å². The Morgan fingerprint density at radius 1 is 1.31 bits per heavy atom. The SMILES string of the molecule is COCCn1c(SCC(=O)Nc2c(C)nn(C)c2C)nc2ccccc21. The van der Waals surface area contributed by atoms with E-state index in [4.69, 9.17) is 4.74 Å². The average molecular weight is 373 g/mol. The van der Waals surface area contributed by atoms with Gasteiger partial charge in [-0.15, -0.1) is 0 Å². The third kappa shape index (κ3) is 3.76. The Balaban J connectivity index is 1.73. The van der Waals surface area contributed by atoms with E-state index in [-0.39, 0.29) is 11.7 Å². The van der Waals surface area contributed by atoms with Gasteiger partial charge in [0.05, 0.1) is 40.5 Å². The number of thioether (sulfide) groups is 1. The first-order valence-corrected chi connectivity index (χ1v) is 9.37. The maximum atomic E-state index is 12.4. The number of para-hydroxylation sites is 2. The van der Waals surface area contributed by atoms with E-state index in [1.54, 1.807) is 11.8 Å². The molecule has 2 heterocycles. The van der Waals surface area contributed by atoms with Crippen molar-refractivity contribution in [2.75, 3.05) is 24.8 Å². The maximum absolute atomic E-state index is 12.4. The van der Waals surface area contributed by atoms with Crippen LogP contribution in [0, 0.1) is 13.8 Å². The third-order valence-electron chi connectivity index (χ3n) is 4.24. The Hall–Kier alpha value is -2.32. The summed E-state index contributed by atoms with van der Waals surface area (Å²) < 4.78 is 9.07. The van der Waals surface area contributed by atoms with Crippen LogP contribution in [0.1, 0.15) is 11.4 Å². The molecule has 3 rings (SSSR count). The van der Waals surface area contributed by atoms with Crippen LogP contribution >= 0.6 is 11.8 Å². The molecule has 1 N–H and O–H groups in total. The first kappa shape index (κ1) is 18.5. The summed E-state index contributed by atoms with van der Waals surface area (Å²) in [5.41, 5.74) is 4.51. The predicted molar refractivity (Wildman–Crippen MR) is 104 cm³/mol. The molecule has 0 fully saturated rings. The number of hydrogen-bond donors (Lipinski definition) is 1. The second kappa shape index (κ2) is 7.92. The van der Waals surface area contributed by atoms with Crippen LogP contribution in [0.25, 0.3) is 11.0 Å². The van der Waals surface area contributed by atoms with E-state index in [1.807, 2.05) is 45.2 Å². The standard InChI is InChI=1S/C18H23N5O2S/c1-12-17(13(2)22(3)21-12)20-16(24)11-26-18-19-14-7-5-6-8-15(14)23(18)9-10-25-4/h5-8H,9-11H2,1-4H3,(H,20,24). The Morgan fingerprint density at radius 3 is 2.77 bits per heavy atom. The lowest BCUT2D eigenvalue weighted by Gasteiger charge is -2.09. The summed E-state index contributed by atoms with van der Waals surface area (Å²) in [6, 6.07) is 7.96. The first-order chi connectivity index (χ1) is 12.5. The van der Waals surface area contributed by atoms with Gasteiger partial charge in [0.1, 0.15) is 0 Å². The van der Waals surface area contributed by atoms with E-state index in [9.17, 15) is 4.79 Å². The van der Waals surface area contributed by atoms with E-state index >= 15 is 0 Å². The molecule has 3 aromatic rings. The summed E-state index contributed by atoms with van der Waals surface area (Å²) in [5, 5.41) is 8.10. The number of amides is 1. The number of methoxy groups -OCH3 is 1. The summed E-state index contributed by atoms with van der Waals surface area (Å²) in [4.78, 5) is 17.1. The number of aromatic nitrogens is 4. The van der Waals surface area contributed by atoms with Gasteiger partial charge in [0, 0.05) is 20.7 Å². The lowest BCUT2D eigenvalue weighted by Crippen LogP contribution is -2.16. The monoisotopic (exact) mass is 373 g/mol. The number of nitrogens with zero attached hydrogens (tertiary/aromatic N) is 4. The molecule has 0 bridgehead atoms. The number of imidazole rings is 1. The van der Waals surface area contributed by atoms with Gasteiger partial charge >= 0.3 is 0 Å². The Labute approximate surface area is 156 Å². The van der Waals surface area contributed by atoms with Gasteiger partial charge in [-0.05, 0) is 26.0 Å². The summed E-state index contributed by atoms with van der Waals surface area (Å²) in [6.07, 6.45) is 0. The molecule has 0 spiro atoms. The number of hydrogen-bond acceptors (Lipinski definition) is 5. The fourth-order valence-corrected chi connectivity index (χ4v) is 3.66. The molecule has 0 saturated carbocycles. The molecular weight excluding hydrogens is 350 g/mol. The molecule has 0 aliphatic carbocycles. The smallest absolute Gasteiger partial charge is 0.234 e. The normalized spacial score (nSPS) is 11.2. The van der Waals surface area contributed by atoms with Gasteiger partial charge < -0.3 is 14.6 Å². The second-order valence-corrected chi connectivity index (χ2v) is 6.98. The first-order valence-electron chi connectivity index (χ1n) is 8.38. The number of carbonyl (C=O) groups is 1. The fourth-order valence-electron chi connectivity index (χ4n) is 2.82. The minimum atomic E-state index is -0.0699. The number of anilines is 1. The lowest BCUT2D eigenvalue weighted by molar-refractivity contribution is -0.113. The van der Waals surface area contributed by atoms with Crippen molar-refractivity contribution in [3.05, 3.63) is 35.7 Å². The molecule has 0 atom stereocenters. The van der Waals surface area contributed by atoms with Crippen LogP contribution in [0.2, 0.25) is 0 Å². The fraction of sp³-hybridized carbons (Fsp3) is 0.389. The maximum Gasteiger partial charge on any atom is 0.234 e.